The summed E-state index contributed by atoms with van der Waals surface area (Å²) in [6.07, 6.45) is 9.96. The first-order valence-electron chi connectivity index (χ1n) is 7.80. The normalized spacial score (nSPS) is 16.6. The molecule has 0 atom stereocenters. The van der Waals surface area contributed by atoms with Gasteiger partial charge in [0.2, 0.25) is 6.41 Å². The average molecular weight is 275 g/mol. The van der Waals surface area contributed by atoms with Gasteiger partial charge in [-0.15, -0.1) is 0 Å². The topological polar surface area (TPSA) is 29.5 Å². The van der Waals surface area contributed by atoms with Crippen molar-refractivity contribution in [1.82, 2.24) is 5.06 Å². The number of rotatable bonds is 7. The molecule has 110 valence electrons. The van der Waals surface area contributed by atoms with E-state index in [1.807, 2.05) is 6.07 Å². The third-order valence-corrected chi connectivity index (χ3v) is 3.98. The highest BCUT2D eigenvalue weighted by molar-refractivity contribution is 5.45. The molecular weight excluding hydrogens is 250 g/mol. The van der Waals surface area contributed by atoms with Crippen LogP contribution in [0.15, 0.2) is 30.3 Å². The second kappa shape index (κ2) is 8.75. The molecule has 0 spiro atoms. The van der Waals surface area contributed by atoms with Gasteiger partial charge in [-0.1, -0.05) is 56.0 Å². The SMILES string of the molecule is O=CN(OCCCc1ccccc1)C1CCCCCC1. The molecule has 1 aliphatic rings. The standard InChI is InChI=1S/C17H25NO2/c19-15-18(17-12-6-1-2-7-13-17)20-14-8-11-16-9-4-3-5-10-16/h3-5,9-10,15,17H,1-2,6-8,11-14H2. The van der Waals surface area contributed by atoms with Crippen LogP contribution >= 0.6 is 0 Å². The van der Waals surface area contributed by atoms with Crippen molar-refractivity contribution in [2.75, 3.05) is 6.61 Å². The first-order chi connectivity index (χ1) is 9.90. The number of amides is 1. The first kappa shape index (κ1) is 15.0. The lowest BCUT2D eigenvalue weighted by molar-refractivity contribution is -0.188. The quantitative estimate of drug-likeness (QED) is 0.328. The number of carbonyl (C=O) groups excluding carboxylic acids is 1. The van der Waals surface area contributed by atoms with Crippen LogP contribution in [0.4, 0.5) is 0 Å². The minimum Gasteiger partial charge on any atom is -0.276 e. The van der Waals surface area contributed by atoms with Crippen LogP contribution in [0, 0.1) is 0 Å². The molecule has 0 heterocycles. The summed E-state index contributed by atoms with van der Waals surface area (Å²) >= 11 is 0. The molecule has 0 aliphatic heterocycles. The minimum atomic E-state index is 0.284. The Morgan fingerprint density at radius 2 is 1.80 bits per heavy atom. The van der Waals surface area contributed by atoms with Gasteiger partial charge in [0.1, 0.15) is 0 Å². The highest BCUT2D eigenvalue weighted by atomic mass is 16.7. The molecule has 1 fully saturated rings. The molecule has 0 radical (unpaired) electrons. The molecule has 3 heteroatoms. The average Bonchev–Trinajstić information content (AvgIpc) is 2.78. The maximum Gasteiger partial charge on any atom is 0.233 e. The van der Waals surface area contributed by atoms with Crippen LogP contribution in [0.2, 0.25) is 0 Å². The molecule has 0 N–H and O–H groups in total. The van der Waals surface area contributed by atoms with Gasteiger partial charge >= 0.3 is 0 Å². The Kier molecular flexibility index (Phi) is 6.58. The molecule has 1 aromatic rings. The maximum atomic E-state index is 11.2. The zero-order chi connectivity index (χ0) is 14.0. The maximum absolute atomic E-state index is 11.2. The predicted octanol–water partition coefficient (Wildman–Crippen LogP) is 3.73. The van der Waals surface area contributed by atoms with Gasteiger partial charge in [0.05, 0.1) is 12.6 Å². The number of aryl methyl sites for hydroxylation is 1. The highest BCUT2D eigenvalue weighted by Crippen LogP contribution is 2.21. The van der Waals surface area contributed by atoms with Gasteiger partial charge in [-0.2, -0.15) is 0 Å². The van der Waals surface area contributed by atoms with Gasteiger partial charge < -0.3 is 0 Å². The van der Waals surface area contributed by atoms with Crippen LogP contribution in [0.25, 0.3) is 0 Å². The van der Waals surface area contributed by atoms with Crippen molar-refractivity contribution in [2.24, 2.45) is 0 Å². The third kappa shape index (κ3) is 4.97. The van der Waals surface area contributed by atoms with Crippen molar-refractivity contribution >= 4 is 6.41 Å². The summed E-state index contributed by atoms with van der Waals surface area (Å²) < 4.78 is 0. The van der Waals surface area contributed by atoms with Gasteiger partial charge in [-0.05, 0) is 31.2 Å². The van der Waals surface area contributed by atoms with Crippen LogP contribution in [-0.4, -0.2) is 24.1 Å². The lowest BCUT2D eigenvalue weighted by atomic mass is 10.1. The Bertz CT molecular complexity index is 372. The predicted molar refractivity (Wildman–Crippen MR) is 80.1 cm³/mol. The molecular formula is C17H25NO2. The van der Waals surface area contributed by atoms with E-state index in [4.69, 9.17) is 4.84 Å². The zero-order valence-electron chi connectivity index (χ0n) is 12.2. The molecule has 0 saturated heterocycles. The van der Waals surface area contributed by atoms with E-state index < -0.39 is 0 Å². The summed E-state index contributed by atoms with van der Waals surface area (Å²) in [6.45, 7) is 0.615. The number of benzene rings is 1. The van der Waals surface area contributed by atoms with Crippen LogP contribution in [0.1, 0.15) is 50.5 Å². The van der Waals surface area contributed by atoms with Gasteiger partial charge in [0, 0.05) is 0 Å². The molecule has 0 bridgehead atoms. The summed E-state index contributed by atoms with van der Waals surface area (Å²) in [5.41, 5.74) is 1.32. The molecule has 1 aromatic carbocycles. The fraction of sp³-hybridized carbons (Fsp3) is 0.588. The monoisotopic (exact) mass is 275 g/mol. The summed E-state index contributed by atoms with van der Waals surface area (Å²) in [6, 6.07) is 10.7. The zero-order valence-corrected chi connectivity index (χ0v) is 12.2. The van der Waals surface area contributed by atoms with E-state index in [0.29, 0.717) is 6.61 Å². The molecule has 0 aromatic heterocycles. The van der Waals surface area contributed by atoms with E-state index >= 15 is 0 Å². The Morgan fingerprint density at radius 1 is 1.10 bits per heavy atom. The van der Waals surface area contributed by atoms with E-state index in [9.17, 15) is 4.79 Å². The van der Waals surface area contributed by atoms with Crippen molar-refractivity contribution in [3.63, 3.8) is 0 Å². The molecule has 0 unspecified atom stereocenters. The largest absolute Gasteiger partial charge is 0.276 e. The summed E-state index contributed by atoms with van der Waals surface area (Å²) in [7, 11) is 0. The van der Waals surface area contributed by atoms with E-state index in [0.717, 1.165) is 32.1 Å². The van der Waals surface area contributed by atoms with Gasteiger partial charge in [-0.25, -0.2) is 5.06 Å². The lowest BCUT2D eigenvalue weighted by Gasteiger charge is -2.26. The molecule has 3 nitrogen and oxygen atoms in total. The highest BCUT2D eigenvalue weighted by Gasteiger charge is 2.19. The Morgan fingerprint density at radius 3 is 2.45 bits per heavy atom. The lowest BCUT2D eigenvalue weighted by Crippen LogP contribution is -2.34. The van der Waals surface area contributed by atoms with E-state index in [1.165, 1.54) is 31.2 Å². The number of nitrogens with zero attached hydrogens (tertiary/aromatic N) is 1. The Labute approximate surface area is 121 Å². The smallest absolute Gasteiger partial charge is 0.233 e. The fourth-order valence-electron chi connectivity index (χ4n) is 2.83. The van der Waals surface area contributed by atoms with Crippen LogP contribution in [-0.2, 0) is 16.1 Å². The second-order valence-electron chi connectivity index (χ2n) is 5.53. The minimum absolute atomic E-state index is 0.284. The Balaban J connectivity index is 1.69. The number of hydrogen-bond donors (Lipinski definition) is 0. The molecule has 1 saturated carbocycles. The molecule has 1 amide bonds. The van der Waals surface area contributed by atoms with Crippen molar-refractivity contribution in [2.45, 2.75) is 57.4 Å². The van der Waals surface area contributed by atoms with Crippen LogP contribution < -0.4 is 0 Å². The molecule has 1 aliphatic carbocycles. The van der Waals surface area contributed by atoms with Crippen LogP contribution in [0.5, 0.6) is 0 Å². The van der Waals surface area contributed by atoms with Crippen LogP contribution in [0.3, 0.4) is 0 Å². The Hall–Kier alpha value is -1.35. The third-order valence-electron chi connectivity index (χ3n) is 3.98. The van der Waals surface area contributed by atoms with Gasteiger partial charge in [-0.3, -0.25) is 9.63 Å². The van der Waals surface area contributed by atoms with Gasteiger partial charge in [0.15, 0.2) is 0 Å². The first-order valence-corrected chi connectivity index (χ1v) is 7.80. The van der Waals surface area contributed by atoms with Crippen molar-refractivity contribution in [1.29, 1.82) is 0 Å². The summed E-state index contributed by atoms with van der Waals surface area (Å²) in [4.78, 5) is 16.9. The van der Waals surface area contributed by atoms with E-state index in [2.05, 4.69) is 24.3 Å². The fourth-order valence-corrected chi connectivity index (χ4v) is 2.83. The summed E-state index contributed by atoms with van der Waals surface area (Å²) in [5.74, 6) is 0. The number of hydrogen-bond acceptors (Lipinski definition) is 2. The summed E-state index contributed by atoms with van der Waals surface area (Å²) in [5, 5.41) is 1.57. The van der Waals surface area contributed by atoms with Gasteiger partial charge in [0.25, 0.3) is 0 Å². The number of hydroxylamine groups is 2. The molecule has 20 heavy (non-hydrogen) atoms. The van der Waals surface area contributed by atoms with Crippen molar-refractivity contribution < 1.29 is 9.63 Å². The van der Waals surface area contributed by atoms with Crippen molar-refractivity contribution in [3.05, 3.63) is 35.9 Å². The van der Waals surface area contributed by atoms with E-state index in [-0.39, 0.29) is 6.04 Å². The molecule has 2 rings (SSSR count). The second-order valence-corrected chi connectivity index (χ2v) is 5.53. The number of carbonyl (C=O) groups is 1. The van der Waals surface area contributed by atoms with Crippen molar-refractivity contribution in [3.8, 4) is 0 Å². The van der Waals surface area contributed by atoms with E-state index in [1.54, 1.807) is 5.06 Å².